The van der Waals surface area contributed by atoms with Crippen molar-refractivity contribution < 1.29 is 56.9 Å². The molecule has 8 aromatic heterocycles. The van der Waals surface area contributed by atoms with E-state index in [1.165, 1.54) is 36.3 Å². The smallest absolute Gasteiger partial charge is 0.335 e. The maximum absolute atomic E-state index is 13.7. The molecule has 6 aromatic carbocycles. The average molecular weight is 1870 g/mol. The molecular weight excluding hydrogens is 1770 g/mol. The van der Waals surface area contributed by atoms with E-state index < -0.39 is 37.9 Å². The summed E-state index contributed by atoms with van der Waals surface area (Å²) in [5.41, 5.74) is 1.84. The van der Waals surface area contributed by atoms with Gasteiger partial charge in [-0.3, -0.25) is 58.2 Å². The van der Waals surface area contributed by atoms with Crippen molar-refractivity contribution >= 4 is 73.8 Å². The van der Waals surface area contributed by atoms with E-state index in [2.05, 4.69) is 71.5 Å². The summed E-state index contributed by atoms with van der Waals surface area (Å²) in [5.74, 6) is 7.70. The summed E-state index contributed by atoms with van der Waals surface area (Å²) in [6, 6.07) is 57.1. The van der Waals surface area contributed by atoms with E-state index in [1.54, 1.807) is 43.4 Å². The summed E-state index contributed by atoms with van der Waals surface area (Å²) < 4.78 is 52.6. The zero-order valence-electron chi connectivity index (χ0n) is 75.0. The number of nitrogens with zero attached hydrogens (tertiary/aromatic N) is 14. The van der Waals surface area contributed by atoms with Gasteiger partial charge in [0.1, 0.15) is 40.0 Å². The molecule has 702 valence electrons. The minimum Gasteiger partial charge on any atom is -0.496 e. The average Bonchev–Trinajstić information content (AvgIpc) is 1.62. The standard InChI is InChI=1S/C30H26ClN5O4.C25H31N5O4.C24H29N5O4S.C19H20N4O4/c1-39-24-14-8-6-12-21(24)30(15-16-30)18-32-27(37)20-11-5-7-13-23(20)40-17-22-25(31)28(38)36-29(33-22)34-26(35-36)19-9-3-2-4-10-19;1-33-17-20-11-8-14-29(20)23(32)25(12-6-3-7-13-25)34-16-19-15-21(31)30-24(26-19)27-22(28-30)18-9-4-2-5-10-18;1-34(32)14-12-28(13-15-34)22(31)24(10-6-3-7-11-24)33-17-19-16-20(30)29-23(25-19)26-21(27-29)18-8-4-2-5-9-18;24-15-11-14(12-27-19(17(25)26)9-5-2-6-10-19)20-18-21-16(22-23(15)18)13-7-3-1-4-8-13/h2-14H,15-18H2,1H3,(H,32,37)(H,33,34,35);2,4-5,9-10,15,20H,3,6-8,11-14,16-17H2,1H3,(H,26,27,28);2,4-5,8-9,16H,1,3,6-7,10-15,17H2,(H,25,26,27);1,3-4,7-8,11H,2,5-6,9-10,12H2,(H,25,26)(H,20,21,22)/t;20-;;/m.0../s1. The Kier molecular flexibility index (Phi) is 28.3. The quantitative estimate of drug-likeness (QED) is 0.0274. The Morgan fingerprint density at radius 1 is 0.474 bits per heavy atom. The number of para-hydroxylation sites is 2. The highest BCUT2D eigenvalue weighted by Crippen LogP contribution is 2.51. The third-order valence-corrected chi connectivity index (χ3v) is 28.1. The fourth-order valence-electron chi connectivity index (χ4n) is 18.2. The van der Waals surface area contributed by atoms with Crippen LogP contribution in [0.25, 0.3) is 68.7 Å². The number of halogens is 1. The van der Waals surface area contributed by atoms with Crippen molar-refractivity contribution in [2.24, 2.45) is 0 Å². The van der Waals surface area contributed by atoms with Crippen molar-refractivity contribution in [1.29, 1.82) is 0 Å². The Bertz CT molecular complexity index is 6970. The summed E-state index contributed by atoms with van der Waals surface area (Å²) in [6.07, 6.45) is 16.0. The van der Waals surface area contributed by atoms with Gasteiger partial charge in [0.15, 0.2) is 28.9 Å². The van der Waals surface area contributed by atoms with Gasteiger partial charge in [-0.05, 0) is 111 Å². The summed E-state index contributed by atoms with van der Waals surface area (Å²) in [5, 5.41) is 24.4. The third-order valence-electron chi connectivity index (χ3n) is 25.9. The molecule has 0 bridgehead atoms. The third kappa shape index (κ3) is 21.0. The van der Waals surface area contributed by atoms with Crippen LogP contribution in [-0.4, -0.2) is 208 Å². The predicted octanol–water partition coefficient (Wildman–Crippen LogP) is 12.0. The number of amides is 3. The van der Waals surface area contributed by atoms with Crippen LogP contribution in [0.2, 0.25) is 5.02 Å². The van der Waals surface area contributed by atoms with Crippen LogP contribution in [-0.2, 0) is 74.7 Å². The summed E-state index contributed by atoms with van der Waals surface area (Å²) in [6.45, 7) is 2.61. The number of hydrogen-bond donors (Lipinski definition) is 6. The number of carboxylic acids is 1. The molecule has 0 spiro atoms. The zero-order valence-corrected chi connectivity index (χ0v) is 76.6. The number of carboxylic acid groups (broad SMARTS) is 1. The number of aliphatic carboxylic acids is 1. The Morgan fingerprint density at radius 2 is 0.874 bits per heavy atom. The maximum atomic E-state index is 13.7. The summed E-state index contributed by atoms with van der Waals surface area (Å²) in [7, 11) is 1.24. The minimum atomic E-state index is -2.09. The van der Waals surface area contributed by atoms with Gasteiger partial charge in [-0.15, -0.1) is 0 Å². The Morgan fingerprint density at radius 3 is 1.31 bits per heavy atom. The predicted molar refractivity (Wildman–Crippen MR) is 506 cm³/mol. The number of likely N-dealkylation sites (tertiary alicyclic amines) is 1. The van der Waals surface area contributed by atoms with Gasteiger partial charge >= 0.3 is 5.97 Å². The van der Waals surface area contributed by atoms with Crippen LogP contribution in [0.4, 0.5) is 0 Å². The van der Waals surface area contributed by atoms with Crippen LogP contribution < -0.4 is 37.0 Å². The second-order valence-electron chi connectivity index (χ2n) is 34.9. The van der Waals surface area contributed by atoms with Crippen LogP contribution >= 0.6 is 11.6 Å². The van der Waals surface area contributed by atoms with Gasteiger partial charge in [0.2, 0.25) is 0 Å². The lowest BCUT2D eigenvalue weighted by molar-refractivity contribution is -0.173. The molecule has 2 aliphatic heterocycles. The summed E-state index contributed by atoms with van der Waals surface area (Å²) in [4.78, 5) is 142. The number of aromatic amines is 4. The molecule has 6 fully saturated rings. The highest BCUT2D eigenvalue weighted by atomic mass is 35.5. The molecule has 2 saturated heterocycles. The molecule has 35 nitrogen and oxygen atoms in total. The molecule has 0 radical (unpaired) electrons. The number of methoxy groups -OCH3 is 2. The molecule has 6 aliphatic rings. The number of H-pyrrole nitrogens is 4. The van der Waals surface area contributed by atoms with Gasteiger partial charge in [-0.1, -0.05) is 208 Å². The highest BCUT2D eigenvalue weighted by Gasteiger charge is 2.49. The molecule has 10 heterocycles. The number of fused-ring (bicyclic) bond motifs is 4. The van der Waals surface area contributed by atoms with Gasteiger partial charge in [-0.2, -0.15) is 38.0 Å². The van der Waals surface area contributed by atoms with Crippen molar-refractivity contribution in [3.05, 3.63) is 268 Å². The van der Waals surface area contributed by atoms with E-state index in [9.17, 15) is 47.7 Å². The van der Waals surface area contributed by atoms with Crippen LogP contribution in [0.15, 0.2) is 207 Å². The number of benzene rings is 6. The van der Waals surface area contributed by atoms with Gasteiger partial charge in [-0.25, -0.2) is 24.7 Å². The molecule has 4 aliphatic carbocycles. The molecule has 14 aromatic rings. The Labute approximate surface area is 780 Å². The molecule has 6 N–H and O–H groups in total. The van der Waals surface area contributed by atoms with Gasteiger partial charge in [0.25, 0.3) is 63.1 Å². The van der Waals surface area contributed by atoms with E-state index in [4.69, 9.17) is 40.0 Å². The Balaban J connectivity index is 0.000000126. The van der Waals surface area contributed by atoms with Crippen molar-refractivity contribution in [2.75, 3.05) is 58.5 Å². The first-order valence-corrected chi connectivity index (χ1v) is 48.0. The van der Waals surface area contributed by atoms with Crippen LogP contribution in [0.3, 0.4) is 0 Å². The topological polar surface area (TPSA) is 432 Å². The lowest BCUT2D eigenvalue weighted by atomic mass is 9.83. The number of ether oxygens (including phenoxy) is 6. The van der Waals surface area contributed by atoms with Crippen LogP contribution in [0.1, 0.15) is 161 Å². The van der Waals surface area contributed by atoms with Gasteiger partial charge in [0, 0.05) is 96.2 Å². The molecule has 4 saturated carbocycles. The zero-order chi connectivity index (χ0) is 93.9. The minimum absolute atomic E-state index is 0.0361. The number of hydrogen-bond acceptors (Lipinski definition) is 23. The highest BCUT2D eigenvalue weighted by molar-refractivity contribution is 8.00. The number of rotatable bonds is 26. The first-order chi connectivity index (χ1) is 65.5. The van der Waals surface area contributed by atoms with Crippen LogP contribution in [0, 0.1) is 0 Å². The SMILES string of the molecule is C=S1(=O)CCN(C(=O)C2(OCc3cc(=O)n4[nH]c(-c5ccccc5)nc4n3)CCCCC2)CC1.COC[C@@H]1CCCN1C(=O)C1(OCc2cc(=O)n3[nH]c(-c4ccccc4)nc3n2)CCCCC1.COc1ccccc1C1(CNC(=O)c2ccccc2OCc2nc3nc(-c4ccccc4)[nH]n3c(=O)c2Cl)CC1.O=C(O)C1(OCc2cc(=O)n3[nH]c(-c4ccccc4)nc3n2)CCCCC1. The largest absolute Gasteiger partial charge is 0.496 e. The van der Waals surface area contributed by atoms with Crippen molar-refractivity contribution in [3.8, 4) is 57.1 Å². The molecule has 1 atom stereocenters. The van der Waals surface area contributed by atoms with Gasteiger partial charge in [0.05, 0.1) is 62.2 Å². The fraction of sp³-hybridized carbons (Fsp3) is 0.378. The van der Waals surface area contributed by atoms with Gasteiger partial charge < -0.3 is 48.6 Å². The number of nitrogens with one attached hydrogen (secondary N) is 5. The second-order valence-corrected chi connectivity index (χ2v) is 38.1. The van der Waals surface area contributed by atoms with E-state index >= 15 is 0 Å². The molecule has 135 heavy (non-hydrogen) atoms. The number of carbonyl (C=O) groups excluding carboxylic acids is 3. The Hall–Kier alpha value is -13.7. The van der Waals surface area contributed by atoms with E-state index in [0.717, 1.165) is 124 Å². The molecular formula is C98H106ClN19O16S. The fourth-order valence-corrected chi connectivity index (χ4v) is 19.7. The van der Waals surface area contributed by atoms with Crippen LogP contribution in [0.5, 0.6) is 11.5 Å². The normalized spacial score (nSPS) is 17.4. The lowest BCUT2D eigenvalue weighted by Crippen LogP contribution is -2.55. The van der Waals surface area contributed by atoms with Crippen molar-refractivity contribution in [2.45, 2.75) is 177 Å². The molecule has 37 heteroatoms. The number of carbonyl (C=O) groups is 4. The number of aromatic nitrogens is 16. The van der Waals surface area contributed by atoms with Crippen molar-refractivity contribution in [1.82, 2.24) is 93.4 Å². The first kappa shape index (κ1) is 93.2. The molecule has 20 rings (SSSR count). The van der Waals surface area contributed by atoms with Crippen molar-refractivity contribution in [3.63, 3.8) is 0 Å². The lowest BCUT2D eigenvalue weighted by Gasteiger charge is -2.41. The molecule has 3 amide bonds. The van der Waals surface area contributed by atoms with E-state index in [1.807, 2.05) is 150 Å². The monoisotopic (exact) mass is 1870 g/mol. The van der Waals surface area contributed by atoms with E-state index in [0.29, 0.717) is 128 Å². The summed E-state index contributed by atoms with van der Waals surface area (Å²) >= 11 is 6.37. The molecule has 0 unspecified atom stereocenters. The maximum Gasteiger partial charge on any atom is 0.335 e. The second kappa shape index (κ2) is 41.1. The van der Waals surface area contributed by atoms with E-state index in [-0.39, 0.29) is 106 Å². The first-order valence-electron chi connectivity index (χ1n) is 45.6.